The van der Waals surface area contributed by atoms with Crippen LogP contribution >= 0.6 is 11.6 Å². The van der Waals surface area contributed by atoms with Crippen LogP contribution < -0.4 is 11.1 Å². The van der Waals surface area contributed by atoms with E-state index in [1.165, 1.54) is 6.08 Å². The topological polar surface area (TPSA) is 61.9 Å². The lowest BCUT2D eigenvalue weighted by Gasteiger charge is -2.02. The van der Waals surface area contributed by atoms with E-state index >= 15 is 0 Å². The van der Waals surface area contributed by atoms with E-state index in [0.29, 0.717) is 11.5 Å². The number of halogens is 1. The van der Waals surface area contributed by atoms with Crippen LogP contribution in [-0.2, 0) is 0 Å². The van der Waals surface area contributed by atoms with Crippen molar-refractivity contribution in [1.29, 1.82) is 5.41 Å². The van der Waals surface area contributed by atoms with Gasteiger partial charge in [0.15, 0.2) is 0 Å². The minimum Gasteiger partial charge on any atom is -0.386 e. The van der Waals surface area contributed by atoms with Gasteiger partial charge in [-0.1, -0.05) is 18.2 Å². The van der Waals surface area contributed by atoms with Crippen LogP contribution in [0.3, 0.4) is 0 Å². The molecular formula is C6H10ClN3. The number of nitrogens with one attached hydrogen (secondary N) is 2. The molecule has 0 fully saturated rings. The first kappa shape index (κ1) is 9.04. The van der Waals surface area contributed by atoms with Gasteiger partial charge in [0.05, 0.1) is 5.82 Å². The number of hydrogen-bond acceptors (Lipinski definition) is 3. The molecule has 0 aliphatic rings. The summed E-state index contributed by atoms with van der Waals surface area (Å²) >= 11 is 5.25. The molecule has 0 heterocycles. The predicted molar refractivity (Wildman–Crippen MR) is 43.8 cm³/mol. The highest BCUT2D eigenvalue weighted by Gasteiger charge is 1.88. The average molecular weight is 160 g/mol. The minimum atomic E-state index is -0.0359. The fraction of sp³-hybridized carbons (Fsp3) is 0.167. The van der Waals surface area contributed by atoms with Gasteiger partial charge in [-0.25, -0.2) is 0 Å². The molecule has 0 aromatic rings. The second kappa shape index (κ2) is 3.95. The summed E-state index contributed by atoms with van der Waals surface area (Å²) in [6, 6.07) is 0. The monoisotopic (exact) mass is 159 g/mol. The summed E-state index contributed by atoms with van der Waals surface area (Å²) in [4.78, 5) is 0. The molecule has 0 bridgehead atoms. The smallest absolute Gasteiger partial charge is 0.122 e. The van der Waals surface area contributed by atoms with Crippen LogP contribution in [0, 0.1) is 5.41 Å². The van der Waals surface area contributed by atoms with Crippen molar-refractivity contribution in [2.75, 3.05) is 0 Å². The van der Waals surface area contributed by atoms with E-state index in [9.17, 15) is 0 Å². The van der Waals surface area contributed by atoms with Gasteiger partial charge in [-0.3, -0.25) is 5.41 Å². The van der Waals surface area contributed by atoms with E-state index in [1.807, 2.05) is 0 Å². The molecule has 0 saturated heterocycles. The molecule has 56 valence electrons. The van der Waals surface area contributed by atoms with Gasteiger partial charge >= 0.3 is 0 Å². The SMILES string of the molecule is C=C(N)NC(C)=CC(=N)Cl. The molecule has 0 aromatic carbocycles. The summed E-state index contributed by atoms with van der Waals surface area (Å²) in [5.41, 5.74) is 5.91. The maximum absolute atomic E-state index is 6.85. The fourth-order valence-electron chi connectivity index (χ4n) is 0.479. The van der Waals surface area contributed by atoms with Crippen molar-refractivity contribution in [3.8, 4) is 0 Å². The quantitative estimate of drug-likeness (QED) is 0.541. The molecule has 0 atom stereocenters. The fourth-order valence-corrected chi connectivity index (χ4v) is 0.643. The molecule has 0 rings (SSSR count). The molecule has 0 aromatic heterocycles. The Morgan fingerprint density at radius 3 is 2.60 bits per heavy atom. The molecule has 0 aliphatic heterocycles. The Kier molecular flexibility index (Phi) is 3.57. The summed E-state index contributed by atoms with van der Waals surface area (Å²) in [5, 5.41) is 9.50. The largest absolute Gasteiger partial charge is 0.386 e. The van der Waals surface area contributed by atoms with Crippen LogP contribution in [0.15, 0.2) is 24.2 Å². The van der Waals surface area contributed by atoms with Gasteiger partial charge in [0, 0.05) is 5.70 Å². The van der Waals surface area contributed by atoms with Crippen molar-refractivity contribution in [3.63, 3.8) is 0 Å². The Hall–Kier alpha value is -0.960. The first-order chi connectivity index (χ1) is 4.52. The van der Waals surface area contributed by atoms with Crippen LogP contribution in [0.1, 0.15) is 6.92 Å². The highest BCUT2D eigenvalue weighted by atomic mass is 35.5. The zero-order valence-corrected chi connectivity index (χ0v) is 6.50. The molecule has 0 aliphatic carbocycles. The van der Waals surface area contributed by atoms with Gasteiger partial charge in [0.25, 0.3) is 0 Å². The Balaban J connectivity index is 3.95. The molecule has 0 amide bonds. The number of allylic oxidation sites excluding steroid dienone is 2. The zero-order chi connectivity index (χ0) is 8.15. The Bertz CT molecular complexity index is 183. The van der Waals surface area contributed by atoms with E-state index < -0.39 is 0 Å². The highest BCUT2D eigenvalue weighted by molar-refractivity contribution is 6.67. The maximum Gasteiger partial charge on any atom is 0.122 e. The summed E-state index contributed by atoms with van der Waals surface area (Å²) in [7, 11) is 0. The maximum atomic E-state index is 6.85. The summed E-state index contributed by atoms with van der Waals surface area (Å²) in [6.07, 6.45) is 1.44. The molecule has 0 unspecified atom stereocenters. The predicted octanol–water partition coefficient (Wildman–Crippen LogP) is 1.13. The van der Waals surface area contributed by atoms with Crippen LogP contribution in [0.5, 0.6) is 0 Å². The third-order valence-corrected chi connectivity index (χ3v) is 0.810. The lowest BCUT2D eigenvalue weighted by Crippen LogP contribution is -2.16. The molecule has 0 spiro atoms. The minimum absolute atomic E-state index is 0.0359. The third kappa shape index (κ3) is 5.18. The zero-order valence-electron chi connectivity index (χ0n) is 5.74. The third-order valence-electron chi connectivity index (χ3n) is 0.701. The summed E-state index contributed by atoms with van der Waals surface area (Å²) in [5.74, 6) is 0.340. The Morgan fingerprint density at radius 1 is 1.80 bits per heavy atom. The van der Waals surface area contributed by atoms with Crippen molar-refractivity contribution >= 4 is 16.8 Å². The van der Waals surface area contributed by atoms with Crippen LogP contribution in [0.4, 0.5) is 0 Å². The lowest BCUT2D eigenvalue weighted by molar-refractivity contribution is 0.956. The van der Waals surface area contributed by atoms with Crippen molar-refractivity contribution in [1.82, 2.24) is 5.32 Å². The Morgan fingerprint density at radius 2 is 2.30 bits per heavy atom. The molecule has 10 heavy (non-hydrogen) atoms. The second-order valence-electron chi connectivity index (χ2n) is 1.83. The molecule has 0 saturated carbocycles. The van der Waals surface area contributed by atoms with Gasteiger partial charge in [0.2, 0.25) is 0 Å². The van der Waals surface area contributed by atoms with E-state index in [1.54, 1.807) is 6.92 Å². The molecule has 3 nitrogen and oxygen atoms in total. The normalized spacial score (nSPS) is 10.8. The number of nitrogens with two attached hydrogens (primary N) is 1. The summed E-state index contributed by atoms with van der Waals surface area (Å²) in [6.45, 7) is 5.16. The van der Waals surface area contributed by atoms with E-state index in [4.69, 9.17) is 22.7 Å². The van der Waals surface area contributed by atoms with Gasteiger partial charge in [0.1, 0.15) is 5.17 Å². The Labute approximate surface area is 65.1 Å². The molecule has 0 radical (unpaired) electrons. The van der Waals surface area contributed by atoms with Crippen molar-refractivity contribution < 1.29 is 0 Å². The van der Waals surface area contributed by atoms with Crippen molar-refractivity contribution in [2.45, 2.75) is 6.92 Å². The lowest BCUT2D eigenvalue weighted by atomic mass is 10.4. The van der Waals surface area contributed by atoms with E-state index in [-0.39, 0.29) is 5.17 Å². The average Bonchev–Trinajstić information content (AvgIpc) is 1.58. The first-order valence-electron chi connectivity index (χ1n) is 2.66. The number of hydrogen-bond donors (Lipinski definition) is 3. The van der Waals surface area contributed by atoms with E-state index in [0.717, 1.165) is 0 Å². The van der Waals surface area contributed by atoms with Gasteiger partial charge in [-0.15, -0.1) is 0 Å². The first-order valence-corrected chi connectivity index (χ1v) is 3.04. The van der Waals surface area contributed by atoms with E-state index in [2.05, 4.69) is 11.9 Å². The van der Waals surface area contributed by atoms with Crippen LogP contribution in [0.2, 0.25) is 0 Å². The second-order valence-corrected chi connectivity index (χ2v) is 2.23. The molecule has 4 heteroatoms. The van der Waals surface area contributed by atoms with Gasteiger partial charge in [-0.2, -0.15) is 0 Å². The molecular weight excluding hydrogens is 150 g/mol. The number of rotatable bonds is 3. The summed E-state index contributed by atoms with van der Waals surface area (Å²) < 4.78 is 0. The standard InChI is InChI=1S/C6H10ClN3/c1-4(3-6(7)9)10-5(2)8/h3,9-10H,2,8H2,1H3. The highest BCUT2D eigenvalue weighted by Crippen LogP contribution is 1.91. The van der Waals surface area contributed by atoms with Gasteiger partial charge < -0.3 is 11.1 Å². The van der Waals surface area contributed by atoms with Crippen LogP contribution in [0.25, 0.3) is 0 Å². The van der Waals surface area contributed by atoms with Gasteiger partial charge in [-0.05, 0) is 13.0 Å². The molecule has 4 N–H and O–H groups in total. The van der Waals surface area contributed by atoms with Crippen LogP contribution in [-0.4, -0.2) is 5.17 Å². The van der Waals surface area contributed by atoms with Crippen molar-refractivity contribution in [2.24, 2.45) is 5.73 Å². The van der Waals surface area contributed by atoms with Crippen molar-refractivity contribution in [3.05, 3.63) is 24.2 Å².